The summed E-state index contributed by atoms with van der Waals surface area (Å²) in [6.07, 6.45) is 11.4. The Balaban J connectivity index is 1.65. The molecule has 6 atom stereocenters. The summed E-state index contributed by atoms with van der Waals surface area (Å²) in [5, 5.41) is 35.3. The minimum Gasteiger partial charge on any atom is -0.490 e. The first-order valence-electron chi connectivity index (χ1n) is 17.7. The molecule has 2 aliphatic carbocycles. The Labute approximate surface area is 299 Å². The van der Waals surface area contributed by atoms with Crippen LogP contribution < -0.4 is 9.47 Å². The summed E-state index contributed by atoms with van der Waals surface area (Å²) < 4.78 is 20.0. The third-order valence-corrected chi connectivity index (χ3v) is 11.1. The smallest absolute Gasteiger partial charge is 0.269 e. The minimum atomic E-state index is -1.01. The van der Waals surface area contributed by atoms with Crippen molar-refractivity contribution in [2.45, 2.75) is 75.4 Å². The summed E-state index contributed by atoms with van der Waals surface area (Å²) in [5.74, 6) is 1.48. The zero-order valence-corrected chi connectivity index (χ0v) is 29.7. The molecule has 0 radical (unpaired) electrons. The number of oxime groups is 1. The lowest BCUT2D eigenvalue weighted by molar-refractivity contribution is -0.384. The number of aliphatic hydroxyl groups excluding tert-OH is 2. The molecule has 0 spiro atoms. The number of non-ortho nitro benzene ring substituents is 1. The molecule has 0 bridgehead atoms. The zero-order valence-electron chi connectivity index (χ0n) is 28.9. The molecule has 1 aliphatic heterocycles. The second-order valence-corrected chi connectivity index (χ2v) is 14.5. The van der Waals surface area contributed by atoms with Crippen LogP contribution in [0.2, 0.25) is 0 Å². The molecule has 6 unspecified atom stereocenters. The first-order chi connectivity index (χ1) is 24.4. The molecule has 2 aromatic carbocycles. The molecule has 3 aliphatic rings. The standard InChI is InChI=1S/C39H50N2O8S/c1-4-21-46-30-17-18-35-33(24-30)37-31(12-8-10-20-43)28(11-7-9-19-42)23-32-34(40-48-26-27-13-15-29(16-14-27)41(44)45)25-36(50-6-3)39(49-35,38(32)37)47-22-5-2/h4-5,13-18,23-24,28,31,36-38,42-43H,1-2,6-12,19-22,25-26H2,3H3. The van der Waals surface area contributed by atoms with Crippen LogP contribution in [0.1, 0.15) is 68.9 Å². The number of rotatable bonds is 20. The topological polar surface area (TPSA) is 133 Å². The summed E-state index contributed by atoms with van der Waals surface area (Å²) in [6, 6.07) is 12.3. The van der Waals surface area contributed by atoms with Crippen molar-refractivity contribution < 1.29 is 34.2 Å². The summed E-state index contributed by atoms with van der Waals surface area (Å²) in [6.45, 7) is 11.1. The second-order valence-electron chi connectivity index (χ2n) is 13.0. The van der Waals surface area contributed by atoms with E-state index in [9.17, 15) is 20.3 Å². The number of nitro groups is 1. The Hall–Kier alpha value is -3.64. The number of ether oxygens (including phenoxy) is 3. The van der Waals surface area contributed by atoms with Gasteiger partial charge in [0.1, 0.15) is 24.7 Å². The molecule has 0 aromatic heterocycles. The van der Waals surface area contributed by atoms with Gasteiger partial charge in [-0.15, -0.1) is 6.58 Å². The Kier molecular flexibility index (Phi) is 13.6. The van der Waals surface area contributed by atoms with E-state index < -0.39 is 10.7 Å². The maximum Gasteiger partial charge on any atom is 0.269 e. The third kappa shape index (κ3) is 8.28. The van der Waals surface area contributed by atoms with Crippen LogP contribution in [0.4, 0.5) is 5.69 Å². The minimum absolute atomic E-state index is 0.0196. The van der Waals surface area contributed by atoms with Crippen LogP contribution in [0.25, 0.3) is 0 Å². The number of thioether (sulfide) groups is 1. The van der Waals surface area contributed by atoms with Gasteiger partial charge in [0.2, 0.25) is 5.79 Å². The lowest BCUT2D eigenvalue weighted by atomic mass is 9.56. The van der Waals surface area contributed by atoms with Crippen LogP contribution in [-0.2, 0) is 16.2 Å². The Morgan fingerprint density at radius 3 is 2.48 bits per heavy atom. The monoisotopic (exact) mass is 706 g/mol. The fraction of sp³-hybridized carbons (Fsp3) is 0.513. The molecule has 1 saturated carbocycles. The van der Waals surface area contributed by atoms with Gasteiger partial charge < -0.3 is 29.3 Å². The number of nitrogens with zero attached hydrogens (tertiary/aromatic N) is 2. The highest BCUT2D eigenvalue weighted by molar-refractivity contribution is 8.00. The third-order valence-electron chi connectivity index (χ3n) is 9.91. The molecule has 1 heterocycles. The van der Waals surface area contributed by atoms with Crippen molar-refractivity contribution in [1.82, 2.24) is 0 Å². The van der Waals surface area contributed by atoms with Crippen LogP contribution in [0.5, 0.6) is 11.5 Å². The molecule has 0 amide bonds. The number of hydrogen-bond acceptors (Lipinski definition) is 10. The SMILES string of the molecule is C=CCOc1ccc2c(c1)C1C(CCCCO)C(CCCCO)C=C3C(=NOCc4ccc([N+](=O)[O-])cc4)CC(SCC)C(OCC=C)(O2)C31. The summed E-state index contributed by atoms with van der Waals surface area (Å²) in [5.41, 5.74) is 3.76. The van der Waals surface area contributed by atoms with Crippen molar-refractivity contribution in [1.29, 1.82) is 0 Å². The Bertz CT molecular complexity index is 1530. The van der Waals surface area contributed by atoms with E-state index in [-0.39, 0.29) is 54.4 Å². The molecular weight excluding hydrogens is 657 g/mol. The van der Waals surface area contributed by atoms with E-state index >= 15 is 0 Å². The van der Waals surface area contributed by atoms with Gasteiger partial charge in [-0.05, 0) is 84.7 Å². The first kappa shape index (κ1) is 37.6. The fourth-order valence-electron chi connectivity index (χ4n) is 7.82. The van der Waals surface area contributed by atoms with Gasteiger partial charge in [-0.25, -0.2) is 0 Å². The van der Waals surface area contributed by atoms with Crippen LogP contribution in [0, 0.1) is 27.9 Å². The maximum absolute atomic E-state index is 11.2. The zero-order chi connectivity index (χ0) is 35.5. The highest BCUT2D eigenvalue weighted by Gasteiger charge is 2.63. The van der Waals surface area contributed by atoms with Gasteiger partial charge in [0.25, 0.3) is 5.69 Å². The van der Waals surface area contributed by atoms with Gasteiger partial charge in [0, 0.05) is 43.2 Å². The van der Waals surface area contributed by atoms with Gasteiger partial charge in [-0.3, -0.25) is 10.1 Å². The number of aliphatic hydroxyl groups is 2. The number of nitro benzene ring substituents is 1. The van der Waals surface area contributed by atoms with Crippen LogP contribution >= 0.6 is 11.8 Å². The van der Waals surface area contributed by atoms with E-state index in [1.54, 1.807) is 36.0 Å². The van der Waals surface area contributed by atoms with Crippen LogP contribution in [0.15, 0.2) is 84.6 Å². The molecule has 1 fully saturated rings. The summed E-state index contributed by atoms with van der Waals surface area (Å²) >= 11 is 1.78. The Morgan fingerprint density at radius 2 is 1.80 bits per heavy atom. The highest BCUT2D eigenvalue weighted by Crippen LogP contribution is 2.62. The van der Waals surface area contributed by atoms with E-state index in [1.165, 1.54) is 12.1 Å². The molecule has 11 heteroatoms. The number of benzene rings is 2. The van der Waals surface area contributed by atoms with E-state index in [1.807, 2.05) is 12.1 Å². The predicted molar refractivity (Wildman–Crippen MR) is 197 cm³/mol. The van der Waals surface area contributed by atoms with Crippen molar-refractivity contribution in [3.8, 4) is 11.5 Å². The van der Waals surface area contributed by atoms with Crippen LogP contribution in [-0.4, -0.2) is 64.1 Å². The maximum atomic E-state index is 11.2. The van der Waals surface area contributed by atoms with Crippen molar-refractivity contribution in [2.75, 3.05) is 32.2 Å². The number of unbranched alkanes of at least 4 members (excludes halogenated alkanes) is 2. The van der Waals surface area contributed by atoms with Gasteiger partial charge >= 0.3 is 0 Å². The van der Waals surface area contributed by atoms with Crippen LogP contribution in [0.3, 0.4) is 0 Å². The average molecular weight is 707 g/mol. The number of allylic oxidation sites excluding steroid dienone is 1. The van der Waals surface area contributed by atoms with Gasteiger partial charge in [0.05, 0.1) is 28.4 Å². The highest BCUT2D eigenvalue weighted by atomic mass is 32.2. The average Bonchev–Trinajstić information content (AvgIpc) is 3.12. The molecule has 5 rings (SSSR count). The molecule has 2 N–H and O–H groups in total. The van der Waals surface area contributed by atoms with E-state index in [2.05, 4.69) is 32.2 Å². The lowest BCUT2D eigenvalue weighted by Crippen LogP contribution is -2.64. The Morgan fingerprint density at radius 1 is 1.06 bits per heavy atom. The van der Waals surface area contributed by atoms with E-state index in [4.69, 9.17) is 24.2 Å². The van der Waals surface area contributed by atoms with Gasteiger partial charge in [0.15, 0.2) is 0 Å². The predicted octanol–water partition coefficient (Wildman–Crippen LogP) is 7.75. The van der Waals surface area contributed by atoms with Crippen molar-refractivity contribution in [3.05, 3.63) is 101 Å². The van der Waals surface area contributed by atoms with Gasteiger partial charge in [-0.2, -0.15) is 11.8 Å². The normalized spacial score (nSPS) is 25.9. The van der Waals surface area contributed by atoms with Crippen molar-refractivity contribution in [3.63, 3.8) is 0 Å². The second kappa shape index (κ2) is 18.0. The number of fused-ring (bicyclic) bond motifs is 2. The van der Waals surface area contributed by atoms with Crippen molar-refractivity contribution in [2.24, 2.45) is 22.9 Å². The lowest BCUT2D eigenvalue weighted by Gasteiger charge is -2.58. The van der Waals surface area contributed by atoms with Crippen molar-refractivity contribution >= 4 is 23.2 Å². The molecule has 50 heavy (non-hydrogen) atoms. The number of hydrogen-bond donors (Lipinski definition) is 2. The largest absolute Gasteiger partial charge is 0.490 e. The fourth-order valence-corrected chi connectivity index (χ4v) is 8.99. The molecule has 270 valence electrons. The molecular formula is C39H50N2O8S. The van der Waals surface area contributed by atoms with E-state index in [0.717, 1.165) is 78.2 Å². The van der Waals surface area contributed by atoms with E-state index in [0.29, 0.717) is 19.6 Å². The quantitative estimate of drug-likeness (QED) is 0.0614. The van der Waals surface area contributed by atoms with Gasteiger partial charge in [-0.1, -0.05) is 49.7 Å². The molecule has 2 aromatic rings. The summed E-state index contributed by atoms with van der Waals surface area (Å²) in [7, 11) is 0. The molecule has 10 nitrogen and oxygen atoms in total. The first-order valence-corrected chi connectivity index (χ1v) is 18.7. The summed E-state index contributed by atoms with van der Waals surface area (Å²) in [4.78, 5) is 16.8. The molecule has 0 saturated heterocycles.